The van der Waals surface area contributed by atoms with Crippen LogP contribution in [0.3, 0.4) is 0 Å². The normalized spacial score (nSPS) is 12.4. The van der Waals surface area contributed by atoms with Crippen molar-refractivity contribution in [1.29, 1.82) is 0 Å². The first kappa shape index (κ1) is 22.3. The summed E-state index contributed by atoms with van der Waals surface area (Å²) in [7, 11) is 0. The molecule has 3 aromatic rings. The number of benzene rings is 1. The maximum atomic E-state index is 14.0. The fraction of sp³-hybridized carbons (Fsp3) is 0.389. The molecule has 1 unspecified atom stereocenters. The third kappa shape index (κ3) is 4.72. The van der Waals surface area contributed by atoms with Crippen molar-refractivity contribution in [2.24, 2.45) is 0 Å². The molecule has 1 atom stereocenters. The van der Waals surface area contributed by atoms with E-state index in [0.29, 0.717) is 0 Å². The van der Waals surface area contributed by atoms with Crippen LogP contribution in [0.2, 0.25) is 0 Å². The van der Waals surface area contributed by atoms with Crippen molar-refractivity contribution in [2.75, 3.05) is 0 Å². The number of nitrogens with zero attached hydrogens (tertiary/aromatic N) is 3. The zero-order chi connectivity index (χ0) is 21.9. The van der Waals surface area contributed by atoms with Gasteiger partial charge in [-0.3, -0.25) is 4.79 Å². The minimum absolute atomic E-state index is 0.0348. The molecule has 0 spiro atoms. The molecule has 0 bridgehead atoms. The number of alkyl halides is 4. The lowest BCUT2D eigenvalue weighted by Crippen LogP contribution is -2.18. The number of H-pyrrole nitrogens is 1. The number of halogens is 5. The fourth-order valence-electron chi connectivity index (χ4n) is 2.71. The second-order valence-corrected chi connectivity index (χ2v) is 5.79. The number of hydrogen-bond acceptors (Lipinski definition) is 4. The Balaban J connectivity index is 0.00000145. The van der Waals surface area contributed by atoms with Crippen LogP contribution in [0.4, 0.5) is 22.0 Å². The Morgan fingerprint density at radius 2 is 1.93 bits per heavy atom. The maximum absolute atomic E-state index is 14.0. The molecule has 11 heteroatoms. The van der Waals surface area contributed by atoms with Crippen LogP contribution in [-0.2, 0) is 6.67 Å². The van der Waals surface area contributed by atoms with Crippen LogP contribution in [0.1, 0.15) is 43.9 Å². The van der Waals surface area contributed by atoms with E-state index >= 15 is 0 Å². The van der Waals surface area contributed by atoms with E-state index in [-0.39, 0.29) is 28.1 Å². The Morgan fingerprint density at radius 3 is 2.48 bits per heavy atom. The average Bonchev–Trinajstić information content (AvgIpc) is 3.02. The number of nitrogens with one attached hydrogen (secondary N) is 1. The first-order valence-corrected chi connectivity index (χ1v) is 8.70. The lowest BCUT2D eigenvalue weighted by molar-refractivity contribution is -0.275. The number of aromatic nitrogens is 4. The molecule has 2 aromatic heterocycles. The molecule has 6 nitrogen and oxygen atoms in total. The number of hydrogen-bond donors (Lipinski definition) is 1. The third-order valence-corrected chi connectivity index (χ3v) is 3.91. The zero-order valence-corrected chi connectivity index (χ0v) is 16.1. The lowest BCUT2D eigenvalue weighted by Gasteiger charge is -2.15. The highest BCUT2D eigenvalue weighted by Gasteiger charge is 2.32. The molecule has 158 valence electrons. The molecule has 0 aliphatic heterocycles. The molecule has 0 amide bonds. The van der Waals surface area contributed by atoms with Crippen LogP contribution in [0.25, 0.3) is 11.0 Å². The fourth-order valence-corrected chi connectivity index (χ4v) is 2.71. The highest BCUT2D eigenvalue weighted by molar-refractivity contribution is 5.77. The van der Waals surface area contributed by atoms with Gasteiger partial charge in [-0.25, -0.2) is 18.4 Å². The van der Waals surface area contributed by atoms with Gasteiger partial charge in [0.1, 0.15) is 23.6 Å². The Kier molecular flexibility index (Phi) is 6.60. The molecule has 0 aliphatic carbocycles. The summed E-state index contributed by atoms with van der Waals surface area (Å²) in [6, 6.07) is 2.17. The first-order valence-electron chi connectivity index (χ1n) is 8.70. The summed E-state index contributed by atoms with van der Waals surface area (Å²) in [6.45, 7) is 6.07. The number of rotatable bonds is 4. The number of ether oxygens (including phenoxy) is 1. The average molecular weight is 418 g/mol. The van der Waals surface area contributed by atoms with E-state index in [0.717, 1.165) is 12.1 Å². The maximum Gasteiger partial charge on any atom is 0.573 e. The molecule has 1 N–H and O–H groups in total. The monoisotopic (exact) mass is 418 g/mol. The van der Waals surface area contributed by atoms with Crippen molar-refractivity contribution in [3.05, 3.63) is 51.5 Å². The Hall–Kier alpha value is -2.98. The van der Waals surface area contributed by atoms with Gasteiger partial charge in [-0.1, -0.05) is 19.9 Å². The van der Waals surface area contributed by atoms with Gasteiger partial charge in [-0.05, 0) is 31.5 Å². The van der Waals surface area contributed by atoms with Crippen LogP contribution in [-0.4, -0.2) is 26.1 Å². The van der Waals surface area contributed by atoms with Gasteiger partial charge < -0.3 is 9.72 Å². The molecule has 3 rings (SSSR count). The minimum Gasteiger partial charge on any atom is -0.403 e. The second kappa shape index (κ2) is 8.58. The minimum atomic E-state index is -5.02. The van der Waals surface area contributed by atoms with E-state index < -0.39 is 36.2 Å². The summed E-state index contributed by atoms with van der Waals surface area (Å²) in [5.74, 6) is -1.93. The molecule has 0 aliphatic rings. The molecule has 0 fully saturated rings. The van der Waals surface area contributed by atoms with Crippen LogP contribution >= 0.6 is 0 Å². The van der Waals surface area contributed by atoms with Crippen molar-refractivity contribution in [1.82, 2.24) is 19.7 Å². The number of aryl methyl sites for hydroxylation is 1. The van der Waals surface area contributed by atoms with E-state index in [4.69, 9.17) is 0 Å². The topological polar surface area (TPSA) is 72.8 Å². The van der Waals surface area contributed by atoms with Gasteiger partial charge in [0.25, 0.3) is 5.56 Å². The largest absolute Gasteiger partial charge is 0.573 e. The molecule has 1 aromatic carbocycles. The summed E-state index contributed by atoms with van der Waals surface area (Å²) in [6.07, 6.45) is -5.02. The van der Waals surface area contributed by atoms with E-state index in [1.165, 1.54) is 17.7 Å². The quantitative estimate of drug-likeness (QED) is 0.630. The Labute approximate surface area is 162 Å². The van der Waals surface area contributed by atoms with Crippen LogP contribution in [0.5, 0.6) is 5.75 Å². The SMILES string of the molecule is CC.Cc1nc2c(c(CF)nn2C(C)c2ccc(OC(F)(F)F)c(F)c2)c(=O)[nH]1. The summed E-state index contributed by atoms with van der Waals surface area (Å²) in [4.78, 5) is 18.7. The molecule has 29 heavy (non-hydrogen) atoms. The summed E-state index contributed by atoms with van der Waals surface area (Å²) >= 11 is 0. The number of fused-ring (bicyclic) bond motifs is 1. The molecule has 2 heterocycles. The molecular weight excluding hydrogens is 399 g/mol. The number of aromatic amines is 1. The van der Waals surface area contributed by atoms with Gasteiger partial charge >= 0.3 is 6.36 Å². The van der Waals surface area contributed by atoms with E-state index in [2.05, 4.69) is 19.8 Å². The molecule has 0 saturated carbocycles. The van der Waals surface area contributed by atoms with E-state index in [1.807, 2.05) is 13.8 Å². The van der Waals surface area contributed by atoms with Gasteiger partial charge in [0, 0.05) is 0 Å². The molecular formula is C18H19F5N4O2. The third-order valence-electron chi connectivity index (χ3n) is 3.91. The summed E-state index contributed by atoms with van der Waals surface area (Å²) in [5.41, 5.74) is -0.379. The van der Waals surface area contributed by atoms with Gasteiger partial charge in [-0.2, -0.15) is 5.10 Å². The highest BCUT2D eigenvalue weighted by atomic mass is 19.4. The Morgan fingerprint density at radius 1 is 1.28 bits per heavy atom. The first-order chi connectivity index (χ1) is 13.6. The van der Waals surface area contributed by atoms with Gasteiger partial charge in [0.15, 0.2) is 17.2 Å². The van der Waals surface area contributed by atoms with Crippen molar-refractivity contribution in [3.8, 4) is 5.75 Å². The van der Waals surface area contributed by atoms with Gasteiger partial charge in [0.2, 0.25) is 0 Å². The van der Waals surface area contributed by atoms with E-state index in [9.17, 15) is 26.7 Å². The summed E-state index contributed by atoms with van der Waals surface area (Å²) < 4.78 is 68.8. The highest BCUT2D eigenvalue weighted by Crippen LogP contribution is 2.29. The zero-order valence-electron chi connectivity index (χ0n) is 16.1. The van der Waals surface area contributed by atoms with Crippen LogP contribution in [0.15, 0.2) is 23.0 Å². The molecule has 0 saturated heterocycles. The standard InChI is InChI=1S/C16H13F5N4O2.C2H6/c1-7(9-3-4-12(10(18)5-9)27-16(19,20)21)25-14-13(11(6-17)24-25)15(26)23-8(2)22-14;1-2/h3-5,7H,6H2,1-2H3,(H,22,23,26);1-2H3. The van der Waals surface area contributed by atoms with Crippen molar-refractivity contribution < 1.29 is 26.7 Å². The van der Waals surface area contributed by atoms with Crippen molar-refractivity contribution in [3.63, 3.8) is 0 Å². The summed E-state index contributed by atoms with van der Waals surface area (Å²) in [5, 5.41) is 3.99. The lowest BCUT2D eigenvalue weighted by atomic mass is 10.1. The molecule has 0 radical (unpaired) electrons. The van der Waals surface area contributed by atoms with Crippen LogP contribution in [0, 0.1) is 12.7 Å². The predicted molar refractivity (Wildman–Crippen MR) is 95.9 cm³/mol. The predicted octanol–water partition coefficient (Wildman–Crippen LogP) is 4.57. The second-order valence-electron chi connectivity index (χ2n) is 5.79. The van der Waals surface area contributed by atoms with Crippen molar-refractivity contribution >= 4 is 11.0 Å². The van der Waals surface area contributed by atoms with Crippen LogP contribution < -0.4 is 10.3 Å². The smallest absolute Gasteiger partial charge is 0.403 e. The van der Waals surface area contributed by atoms with E-state index in [1.54, 1.807) is 6.92 Å². The van der Waals surface area contributed by atoms with Crippen molar-refractivity contribution in [2.45, 2.75) is 46.8 Å². The Bertz CT molecular complexity index is 1060. The van der Waals surface area contributed by atoms with Gasteiger partial charge in [-0.15, -0.1) is 13.2 Å². The van der Waals surface area contributed by atoms with Gasteiger partial charge in [0.05, 0.1) is 6.04 Å².